The molecule has 4 rings (SSSR count). The first-order valence-electron chi connectivity index (χ1n) is 10.5. The first-order valence-corrected chi connectivity index (χ1v) is 10.5. The molecule has 1 saturated heterocycles. The fraction of sp³-hybridized carbons (Fsp3) is 0.375. The van der Waals surface area contributed by atoms with Gasteiger partial charge in [-0.15, -0.1) is 0 Å². The van der Waals surface area contributed by atoms with Crippen LogP contribution >= 0.6 is 0 Å². The summed E-state index contributed by atoms with van der Waals surface area (Å²) in [6, 6.07) is 16.7. The highest BCUT2D eigenvalue weighted by molar-refractivity contribution is 5.78. The van der Waals surface area contributed by atoms with Gasteiger partial charge in [-0.2, -0.15) is 0 Å². The second kappa shape index (κ2) is 8.88. The van der Waals surface area contributed by atoms with Crippen molar-refractivity contribution >= 4 is 22.6 Å². The van der Waals surface area contributed by atoms with Gasteiger partial charge in [0.15, 0.2) is 0 Å². The van der Waals surface area contributed by atoms with Gasteiger partial charge in [0.25, 0.3) is 0 Å². The number of anilines is 1. The molecule has 6 heteroatoms. The van der Waals surface area contributed by atoms with Crippen LogP contribution in [0.1, 0.15) is 25.1 Å². The Morgan fingerprint density at radius 2 is 1.80 bits per heavy atom. The summed E-state index contributed by atoms with van der Waals surface area (Å²) >= 11 is 0. The van der Waals surface area contributed by atoms with E-state index in [9.17, 15) is 9.18 Å². The number of hydrogen-bond donors (Lipinski definition) is 0. The number of piperazine rings is 1. The molecule has 158 valence electrons. The number of halogens is 1. The maximum Gasteiger partial charge on any atom is 0.223 e. The van der Waals surface area contributed by atoms with Gasteiger partial charge in [0.2, 0.25) is 5.91 Å². The molecule has 0 aliphatic carbocycles. The lowest BCUT2D eigenvalue weighted by Gasteiger charge is -2.36. The lowest BCUT2D eigenvalue weighted by atomic mass is 10.2. The van der Waals surface area contributed by atoms with Crippen LogP contribution < -0.4 is 4.90 Å². The minimum Gasteiger partial charge on any atom is -0.459 e. The maximum absolute atomic E-state index is 13.1. The van der Waals surface area contributed by atoms with Gasteiger partial charge in [-0.1, -0.05) is 18.2 Å². The van der Waals surface area contributed by atoms with Crippen molar-refractivity contribution in [3.8, 4) is 0 Å². The van der Waals surface area contributed by atoms with E-state index in [2.05, 4.69) is 22.8 Å². The van der Waals surface area contributed by atoms with Gasteiger partial charge in [0.05, 0.1) is 6.04 Å². The van der Waals surface area contributed by atoms with Gasteiger partial charge in [0.1, 0.15) is 17.2 Å². The van der Waals surface area contributed by atoms with E-state index in [4.69, 9.17) is 4.42 Å². The third kappa shape index (κ3) is 4.49. The van der Waals surface area contributed by atoms with Crippen molar-refractivity contribution in [2.75, 3.05) is 44.7 Å². The summed E-state index contributed by atoms with van der Waals surface area (Å²) in [7, 11) is 2.03. The van der Waals surface area contributed by atoms with Crippen molar-refractivity contribution in [3.05, 3.63) is 66.2 Å². The number of rotatable bonds is 6. The highest BCUT2D eigenvalue weighted by Crippen LogP contribution is 2.26. The third-order valence-corrected chi connectivity index (χ3v) is 6.02. The number of amides is 1. The predicted octanol–water partition coefficient (Wildman–Crippen LogP) is 4.30. The van der Waals surface area contributed by atoms with Crippen LogP contribution in [0.4, 0.5) is 10.1 Å². The van der Waals surface area contributed by atoms with Gasteiger partial charge < -0.3 is 14.2 Å². The van der Waals surface area contributed by atoms with E-state index in [0.29, 0.717) is 26.1 Å². The van der Waals surface area contributed by atoms with Crippen LogP contribution in [0.3, 0.4) is 0 Å². The van der Waals surface area contributed by atoms with Crippen LogP contribution in [0.25, 0.3) is 11.0 Å². The van der Waals surface area contributed by atoms with Gasteiger partial charge in [-0.3, -0.25) is 9.69 Å². The van der Waals surface area contributed by atoms with Crippen molar-refractivity contribution in [2.24, 2.45) is 0 Å². The summed E-state index contributed by atoms with van der Waals surface area (Å²) in [6.07, 6.45) is 0.484. The zero-order valence-corrected chi connectivity index (χ0v) is 17.6. The molecule has 0 bridgehead atoms. The molecule has 1 aromatic heterocycles. The number of fused-ring (bicyclic) bond motifs is 1. The normalized spacial score (nSPS) is 15.7. The van der Waals surface area contributed by atoms with Crippen LogP contribution in [0.2, 0.25) is 0 Å². The van der Waals surface area contributed by atoms with Crippen LogP contribution in [0.5, 0.6) is 0 Å². The molecule has 30 heavy (non-hydrogen) atoms. The molecule has 1 aliphatic heterocycles. The van der Waals surface area contributed by atoms with Crippen LogP contribution in [-0.4, -0.2) is 55.5 Å². The van der Waals surface area contributed by atoms with Crippen LogP contribution in [-0.2, 0) is 4.79 Å². The Morgan fingerprint density at radius 3 is 2.50 bits per heavy atom. The Kier molecular flexibility index (Phi) is 6.04. The topological polar surface area (TPSA) is 39.9 Å². The van der Waals surface area contributed by atoms with E-state index < -0.39 is 0 Å². The van der Waals surface area contributed by atoms with Crippen LogP contribution in [0, 0.1) is 5.82 Å². The summed E-state index contributed by atoms with van der Waals surface area (Å²) in [4.78, 5) is 19.0. The monoisotopic (exact) mass is 409 g/mol. The Hall–Kier alpha value is -2.86. The van der Waals surface area contributed by atoms with E-state index in [1.165, 1.54) is 12.1 Å². The number of carbonyl (C=O) groups is 1. The van der Waals surface area contributed by atoms with E-state index in [1.54, 1.807) is 12.1 Å². The molecule has 0 radical (unpaired) electrons. The number of furan rings is 1. The SMILES string of the molecule is C[C@H](c1cc2ccccc2o1)N(C)CCC(=O)N1CCN(c2ccc(F)cc2)CC1. The molecule has 0 saturated carbocycles. The quantitative estimate of drug-likeness (QED) is 0.609. The Morgan fingerprint density at radius 1 is 1.10 bits per heavy atom. The largest absolute Gasteiger partial charge is 0.459 e. The zero-order valence-electron chi connectivity index (χ0n) is 17.6. The molecule has 2 heterocycles. The third-order valence-electron chi connectivity index (χ3n) is 6.02. The summed E-state index contributed by atoms with van der Waals surface area (Å²) in [5.74, 6) is 0.866. The summed E-state index contributed by atoms with van der Waals surface area (Å²) in [5, 5.41) is 1.10. The van der Waals surface area contributed by atoms with Crippen molar-refractivity contribution in [2.45, 2.75) is 19.4 Å². The Bertz CT molecular complexity index is 960. The minimum absolute atomic E-state index is 0.0977. The molecular weight excluding hydrogens is 381 g/mol. The minimum atomic E-state index is -0.228. The Balaban J connectivity index is 1.26. The number of hydrogen-bond acceptors (Lipinski definition) is 4. The molecule has 1 aliphatic rings. The van der Waals surface area contributed by atoms with Gasteiger partial charge in [-0.25, -0.2) is 4.39 Å². The zero-order chi connectivity index (χ0) is 21.1. The number of carbonyl (C=O) groups excluding carboxylic acids is 1. The number of para-hydroxylation sites is 1. The molecule has 5 nitrogen and oxygen atoms in total. The smallest absolute Gasteiger partial charge is 0.223 e. The fourth-order valence-electron chi connectivity index (χ4n) is 3.92. The average Bonchev–Trinajstić information content (AvgIpc) is 3.21. The van der Waals surface area contributed by atoms with E-state index in [-0.39, 0.29) is 17.8 Å². The highest BCUT2D eigenvalue weighted by Gasteiger charge is 2.23. The van der Waals surface area contributed by atoms with E-state index in [0.717, 1.165) is 35.5 Å². The van der Waals surface area contributed by atoms with Crippen molar-refractivity contribution in [1.82, 2.24) is 9.80 Å². The second-order valence-corrected chi connectivity index (χ2v) is 7.94. The molecule has 2 aromatic carbocycles. The Labute approximate surface area is 176 Å². The average molecular weight is 410 g/mol. The molecule has 1 amide bonds. The molecule has 0 spiro atoms. The van der Waals surface area contributed by atoms with E-state index in [1.807, 2.05) is 36.2 Å². The molecule has 1 atom stereocenters. The summed E-state index contributed by atoms with van der Waals surface area (Å²) in [6.45, 7) is 5.70. The van der Waals surface area contributed by atoms with Gasteiger partial charge >= 0.3 is 0 Å². The fourth-order valence-corrected chi connectivity index (χ4v) is 3.92. The summed E-state index contributed by atoms with van der Waals surface area (Å²) < 4.78 is 19.1. The molecule has 3 aromatic rings. The predicted molar refractivity (Wildman–Crippen MR) is 117 cm³/mol. The molecular formula is C24H28FN3O2. The first-order chi connectivity index (χ1) is 14.5. The second-order valence-electron chi connectivity index (χ2n) is 7.94. The van der Waals surface area contributed by atoms with Crippen LogP contribution in [0.15, 0.2) is 59.0 Å². The molecule has 0 unspecified atom stereocenters. The lowest BCUT2D eigenvalue weighted by Crippen LogP contribution is -2.49. The van der Waals surface area contributed by atoms with E-state index >= 15 is 0 Å². The standard InChI is InChI=1S/C24H28FN3O2/c1-18(23-17-19-5-3-4-6-22(19)30-23)26(2)12-11-24(29)28-15-13-27(14-16-28)21-9-7-20(25)8-10-21/h3-10,17-18H,11-16H2,1-2H3/t18-/m1/s1. The number of nitrogens with zero attached hydrogens (tertiary/aromatic N) is 3. The molecule has 0 N–H and O–H groups in total. The molecule has 1 fully saturated rings. The number of benzene rings is 2. The summed E-state index contributed by atoms with van der Waals surface area (Å²) in [5.41, 5.74) is 1.89. The maximum atomic E-state index is 13.1. The lowest BCUT2D eigenvalue weighted by molar-refractivity contribution is -0.131. The van der Waals surface area contributed by atoms with Gasteiger partial charge in [0, 0.05) is 50.2 Å². The first kappa shape index (κ1) is 20.4. The van der Waals surface area contributed by atoms with Crippen molar-refractivity contribution < 1.29 is 13.6 Å². The van der Waals surface area contributed by atoms with Crippen molar-refractivity contribution in [1.29, 1.82) is 0 Å². The van der Waals surface area contributed by atoms with Gasteiger partial charge in [-0.05, 0) is 50.4 Å². The van der Waals surface area contributed by atoms with Crippen molar-refractivity contribution in [3.63, 3.8) is 0 Å². The highest BCUT2D eigenvalue weighted by atomic mass is 19.1.